The molecule has 1 N–H and O–H groups in total. The summed E-state index contributed by atoms with van der Waals surface area (Å²) in [5.41, 5.74) is 3.19. The first kappa shape index (κ1) is 19.7. The first-order valence-corrected chi connectivity index (χ1v) is 10.4. The van der Waals surface area contributed by atoms with Gasteiger partial charge in [0.15, 0.2) is 5.13 Å². The Hall–Kier alpha value is -3.58. The molecule has 0 radical (unpaired) electrons. The second-order valence-corrected chi connectivity index (χ2v) is 7.70. The van der Waals surface area contributed by atoms with Crippen LogP contribution in [0.3, 0.4) is 0 Å². The number of nitrogens with zero attached hydrogens (tertiary/aromatic N) is 3. The number of aryl methyl sites for hydroxylation is 2. The Balaban J connectivity index is 1.72. The zero-order valence-corrected chi connectivity index (χ0v) is 17.4. The van der Waals surface area contributed by atoms with Crippen molar-refractivity contribution < 1.29 is 9.59 Å². The number of benzene rings is 2. The van der Waals surface area contributed by atoms with Crippen LogP contribution in [0.1, 0.15) is 38.3 Å². The van der Waals surface area contributed by atoms with E-state index < -0.39 is 0 Å². The summed E-state index contributed by atoms with van der Waals surface area (Å²) in [5, 5.41) is 7.53. The second kappa shape index (κ2) is 8.42. The summed E-state index contributed by atoms with van der Waals surface area (Å²) < 4.78 is 1.65. The molecule has 2 heterocycles. The third kappa shape index (κ3) is 3.92. The van der Waals surface area contributed by atoms with E-state index in [1.54, 1.807) is 22.9 Å². The highest BCUT2D eigenvalue weighted by molar-refractivity contribution is 7.18. The number of amides is 1. The van der Waals surface area contributed by atoms with E-state index in [-0.39, 0.29) is 11.7 Å². The van der Waals surface area contributed by atoms with E-state index in [9.17, 15) is 9.59 Å². The van der Waals surface area contributed by atoms with E-state index in [4.69, 9.17) is 0 Å². The summed E-state index contributed by atoms with van der Waals surface area (Å²) in [6.07, 6.45) is 0. The van der Waals surface area contributed by atoms with E-state index >= 15 is 0 Å². The molecule has 7 heteroatoms. The van der Waals surface area contributed by atoms with Crippen molar-refractivity contribution in [2.24, 2.45) is 0 Å². The molecule has 2 aromatic heterocycles. The van der Waals surface area contributed by atoms with Crippen molar-refractivity contribution in [2.45, 2.75) is 20.4 Å². The maximum atomic E-state index is 13.2. The number of hydrogen-bond acceptors (Lipinski definition) is 5. The Morgan fingerprint density at radius 1 is 1.03 bits per heavy atom. The summed E-state index contributed by atoms with van der Waals surface area (Å²) in [4.78, 5) is 31.1. The van der Waals surface area contributed by atoms with Gasteiger partial charge in [-0.15, -0.1) is 0 Å². The van der Waals surface area contributed by atoms with Crippen molar-refractivity contribution in [3.8, 4) is 11.3 Å². The number of rotatable bonds is 6. The fraction of sp³-hybridized carbons (Fsp3) is 0.130. The van der Waals surface area contributed by atoms with E-state index in [1.165, 1.54) is 11.3 Å². The van der Waals surface area contributed by atoms with Crippen LogP contribution < -0.4 is 5.32 Å². The molecule has 0 aliphatic carbocycles. The summed E-state index contributed by atoms with van der Waals surface area (Å²) in [5.74, 6) is -0.425. The Labute approximate surface area is 178 Å². The molecule has 0 bridgehead atoms. The lowest BCUT2D eigenvalue weighted by atomic mass is 10.1. The van der Waals surface area contributed by atoms with Gasteiger partial charge in [0.1, 0.15) is 10.6 Å². The van der Waals surface area contributed by atoms with Crippen molar-refractivity contribution in [3.05, 3.63) is 88.6 Å². The van der Waals surface area contributed by atoms with Gasteiger partial charge in [-0.3, -0.25) is 19.6 Å². The van der Waals surface area contributed by atoms with E-state index in [0.29, 0.717) is 33.5 Å². The van der Waals surface area contributed by atoms with Crippen LogP contribution in [-0.4, -0.2) is 26.5 Å². The molecule has 0 saturated heterocycles. The molecule has 0 saturated carbocycles. The van der Waals surface area contributed by atoms with Gasteiger partial charge in [-0.25, -0.2) is 4.98 Å². The van der Waals surface area contributed by atoms with Crippen molar-refractivity contribution in [1.29, 1.82) is 0 Å². The predicted molar refractivity (Wildman–Crippen MR) is 118 cm³/mol. The fourth-order valence-electron chi connectivity index (χ4n) is 3.17. The molecule has 4 aromatic rings. The van der Waals surface area contributed by atoms with Crippen LogP contribution in [0.25, 0.3) is 11.3 Å². The van der Waals surface area contributed by atoms with Gasteiger partial charge in [-0.2, -0.15) is 5.10 Å². The molecule has 1 amide bonds. The van der Waals surface area contributed by atoms with E-state index in [2.05, 4.69) is 15.4 Å². The van der Waals surface area contributed by atoms with Gasteiger partial charge in [-0.1, -0.05) is 72.0 Å². The molecular formula is C23H20N4O2S. The van der Waals surface area contributed by atoms with E-state index in [0.717, 1.165) is 11.3 Å². The van der Waals surface area contributed by atoms with Crippen LogP contribution in [0.15, 0.2) is 66.7 Å². The summed E-state index contributed by atoms with van der Waals surface area (Å²) in [6.45, 7) is 4.36. The molecular weight excluding hydrogens is 396 g/mol. The lowest BCUT2D eigenvalue weighted by Gasteiger charge is -2.03. The molecule has 30 heavy (non-hydrogen) atoms. The highest BCUT2D eigenvalue weighted by Crippen LogP contribution is 2.33. The average Bonchev–Trinajstić information content (AvgIpc) is 3.37. The first-order valence-electron chi connectivity index (χ1n) is 9.58. The minimum atomic E-state index is -0.301. The minimum absolute atomic E-state index is 0.123. The Morgan fingerprint density at radius 2 is 1.70 bits per heavy atom. The van der Waals surface area contributed by atoms with Crippen molar-refractivity contribution in [3.63, 3.8) is 0 Å². The van der Waals surface area contributed by atoms with E-state index in [1.807, 2.05) is 62.4 Å². The summed E-state index contributed by atoms with van der Waals surface area (Å²) >= 11 is 1.18. The largest absolute Gasteiger partial charge is 0.296 e. The van der Waals surface area contributed by atoms with Crippen molar-refractivity contribution >= 4 is 28.2 Å². The topological polar surface area (TPSA) is 76.9 Å². The van der Waals surface area contributed by atoms with Crippen LogP contribution >= 0.6 is 11.3 Å². The highest BCUT2D eigenvalue weighted by atomic mass is 32.1. The lowest BCUT2D eigenvalue weighted by molar-refractivity contribution is 0.101. The number of anilines is 1. The Morgan fingerprint density at radius 3 is 2.37 bits per heavy atom. The minimum Gasteiger partial charge on any atom is -0.296 e. The van der Waals surface area contributed by atoms with Crippen LogP contribution in [-0.2, 0) is 6.54 Å². The highest BCUT2D eigenvalue weighted by Gasteiger charge is 2.22. The Kier molecular flexibility index (Phi) is 5.54. The standard InChI is InChI=1S/C23H20N4O2S/c1-3-27-18(14-15(2)26-27)22(29)25-23-24-19(16-10-6-4-7-11-16)21(30-23)20(28)17-12-8-5-9-13-17/h4-14H,3H2,1-2H3,(H,24,25,29). The Bertz CT molecular complexity index is 1200. The van der Waals surface area contributed by atoms with Gasteiger partial charge in [0.2, 0.25) is 5.78 Å². The van der Waals surface area contributed by atoms with Gasteiger partial charge in [0.25, 0.3) is 5.91 Å². The van der Waals surface area contributed by atoms with Gasteiger partial charge < -0.3 is 0 Å². The number of carbonyl (C=O) groups is 2. The van der Waals surface area contributed by atoms with Crippen molar-refractivity contribution in [1.82, 2.24) is 14.8 Å². The van der Waals surface area contributed by atoms with Crippen LogP contribution in [0.5, 0.6) is 0 Å². The third-order valence-electron chi connectivity index (χ3n) is 4.57. The number of ketones is 1. The van der Waals surface area contributed by atoms with Crippen LogP contribution in [0, 0.1) is 6.92 Å². The third-order valence-corrected chi connectivity index (χ3v) is 5.54. The zero-order valence-electron chi connectivity index (χ0n) is 16.6. The number of nitrogens with one attached hydrogen (secondary N) is 1. The number of thiazole rings is 1. The molecule has 0 unspecified atom stereocenters. The second-order valence-electron chi connectivity index (χ2n) is 6.70. The quantitative estimate of drug-likeness (QED) is 0.457. The number of aromatic nitrogens is 3. The van der Waals surface area contributed by atoms with Gasteiger partial charge in [-0.05, 0) is 19.9 Å². The zero-order chi connectivity index (χ0) is 21.1. The van der Waals surface area contributed by atoms with Crippen LogP contribution in [0.4, 0.5) is 5.13 Å². The number of hydrogen-bond donors (Lipinski definition) is 1. The molecule has 4 rings (SSSR count). The molecule has 0 aliphatic rings. The van der Waals surface area contributed by atoms with Gasteiger partial charge in [0.05, 0.1) is 11.4 Å². The van der Waals surface area contributed by atoms with Gasteiger partial charge >= 0.3 is 0 Å². The molecule has 6 nitrogen and oxygen atoms in total. The van der Waals surface area contributed by atoms with Crippen molar-refractivity contribution in [2.75, 3.05) is 5.32 Å². The monoisotopic (exact) mass is 416 g/mol. The lowest BCUT2D eigenvalue weighted by Crippen LogP contribution is -2.17. The number of carbonyl (C=O) groups excluding carboxylic acids is 2. The first-order chi connectivity index (χ1) is 14.6. The normalized spacial score (nSPS) is 10.7. The fourth-order valence-corrected chi connectivity index (χ4v) is 4.12. The molecule has 0 aliphatic heterocycles. The smallest absolute Gasteiger partial charge is 0.275 e. The SMILES string of the molecule is CCn1nc(C)cc1C(=O)Nc1nc(-c2ccccc2)c(C(=O)c2ccccc2)s1. The summed E-state index contributed by atoms with van der Waals surface area (Å²) in [7, 11) is 0. The molecule has 2 aromatic carbocycles. The predicted octanol–water partition coefficient (Wildman–Crippen LogP) is 4.82. The van der Waals surface area contributed by atoms with Gasteiger partial charge in [0, 0.05) is 17.7 Å². The average molecular weight is 417 g/mol. The maximum absolute atomic E-state index is 13.2. The maximum Gasteiger partial charge on any atom is 0.275 e. The van der Waals surface area contributed by atoms with Crippen LogP contribution in [0.2, 0.25) is 0 Å². The molecule has 0 fully saturated rings. The summed E-state index contributed by atoms with van der Waals surface area (Å²) in [6, 6.07) is 20.3. The molecule has 150 valence electrons. The molecule has 0 atom stereocenters. The molecule has 0 spiro atoms.